The molecule has 0 atom stereocenters. The first-order valence-electron chi connectivity index (χ1n) is 6.95. The molecule has 0 amide bonds. The number of aromatic amines is 1. The van der Waals surface area contributed by atoms with E-state index < -0.39 is 10.0 Å². The first-order valence-corrected chi connectivity index (χ1v) is 10.2. The van der Waals surface area contributed by atoms with E-state index in [1.54, 1.807) is 0 Å². The molecule has 2 rings (SSSR count). The van der Waals surface area contributed by atoms with E-state index in [1.165, 1.54) is 6.20 Å². The van der Waals surface area contributed by atoms with Crippen LogP contribution in [0.15, 0.2) is 34.0 Å². The summed E-state index contributed by atoms with van der Waals surface area (Å²) in [7, 11) is 3.42. The van der Waals surface area contributed by atoms with Crippen molar-refractivity contribution >= 4 is 33.4 Å². The Morgan fingerprint density at radius 2 is 2.14 bits per heavy atom. The van der Waals surface area contributed by atoms with Crippen molar-refractivity contribution in [1.29, 1.82) is 0 Å². The molecule has 22 heavy (non-hydrogen) atoms. The number of hydrogen-bond acceptors (Lipinski definition) is 6. The van der Waals surface area contributed by atoms with Gasteiger partial charge in [0.25, 0.3) is 5.56 Å². The fourth-order valence-corrected chi connectivity index (χ4v) is 7.00. The van der Waals surface area contributed by atoms with Crippen LogP contribution in [0.4, 0.5) is 11.6 Å². The Kier molecular flexibility index (Phi) is 5.98. The number of nitrogens with zero attached hydrogens (tertiary/aromatic N) is 2. The van der Waals surface area contributed by atoms with E-state index in [2.05, 4.69) is 57.2 Å². The molecule has 1 aromatic heterocycles. The summed E-state index contributed by atoms with van der Waals surface area (Å²) >= 11 is 1.92. The Balaban J connectivity index is 1.74. The van der Waals surface area contributed by atoms with Gasteiger partial charge in [-0.15, -0.1) is 0 Å². The predicted octanol–water partition coefficient (Wildman–Crippen LogP) is 1.82. The number of hydrogen-bond donors (Lipinski definition) is 3. The number of nitrogens with one attached hydrogen (secondary N) is 2. The molecule has 0 aliphatic carbocycles. The fraction of sp³-hybridized carbons (Fsp3) is 0.429. The highest BCUT2D eigenvalue weighted by atomic mass is 32.3. The first-order chi connectivity index (χ1) is 10.5. The van der Waals surface area contributed by atoms with Gasteiger partial charge in [-0.1, -0.05) is 12.2 Å². The van der Waals surface area contributed by atoms with Crippen molar-refractivity contribution in [2.45, 2.75) is 0 Å². The summed E-state index contributed by atoms with van der Waals surface area (Å²) in [5.41, 5.74) is 5.27. The van der Waals surface area contributed by atoms with Crippen molar-refractivity contribution in [1.82, 2.24) is 14.9 Å². The first kappa shape index (κ1) is 17.0. The quantitative estimate of drug-likeness (QED) is 0.625. The number of nitrogen functional groups attached to an aromatic ring is 1. The monoisotopic (exact) mass is 341 g/mol. The van der Waals surface area contributed by atoms with Crippen LogP contribution in [-0.2, 0) is 0 Å². The second-order valence-electron chi connectivity index (χ2n) is 5.34. The molecule has 2 heterocycles. The number of H-pyrrole nitrogens is 1. The Morgan fingerprint density at radius 1 is 1.41 bits per heavy atom. The number of anilines is 2. The van der Waals surface area contributed by atoms with Crippen LogP contribution in [0.1, 0.15) is 0 Å². The van der Waals surface area contributed by atoms with Crippen molar-refractivity contribution < 1.29 is 0 Å². The maximum Gasteiger partial charge on any atom is 0.275 e. The third-order valence-electron chi connectivity index (χ3n) is 2.98. The van der Waals surface area contributed by atoms with Crippen LogP contribution < -0.4 is 16.6 Å². The Labute approximate surface area is 136 Å². The molecule has 0 saturated carbocycles. The molecular formula is C14H23N5OS2. The molecule has 0 spiro atoms. The maximum absolute atomic E-state index is 11.4. The Morgan fingerprint density at radius 3 is 2.77 bits per heavy atom. The van der Waals surface area contributed by atoms with Crippen LogP contribution in [0.25, 0.3) is 0 Å². The summed E-state index contributed by atoms with van der Waals surface area (Å²) in [6.45, 7) is 0.752. The van der Waals surface area contributed by atoms with Crippen LogP contribution in [0.5, 0.6) is 0 Å². The van der Waals surface area contributed by atoms with Gasteiger partial charge in [-0.2, -0.15) is 21.8 Å². The lowest BCUT2D eigenvalue weighted by atomic mass is 10.5. The summed E-state index contributed by atoms with van der Waals surface area (Å²) in [6, 6.07) is 0. The lowest BCUT2D eigenvalue weighted by molar-refractivity contribution is 0.483. The maximum atomic E-state index is 11.4. The second-order valence-corrected chi connectivity index (χ2v) is 9.92. The highest BCUT2D eigenvalue weighted by Gasteiger charge is 2.20. The van der Waals surface area contributed by atoms with Crippen LogP contribution in [-0.4, -0.2) is 52.2 Å². The number of aromatic nitrogens is 2. The van der Waals surface area contributed by atoms with Gasteiger partial charge in [0.05, 0.1) is 6.20 Å². The van der Waals surface area contributed by atoms with Crippen LogP contribution in [0, 0.1) is 0 Å². The van der Waals surface area contributed by atoms with Gasteiger partial charge < -0.3 is 16.0 Å². The molecule has 1 aliphatic heterocycles. The summed E-state index contributed by atoms with van der Waals surface area (Å²) < 4.78 is 0. The standard InChI is InChI=1S/C14H23N5OS2/c1-19(2)10-22(7-3-4-8-22)11-21-6-5-16-14-17-9-12(15)13(20)18-14/h3-4,7-9H,5-6,10-11,15H2,1-2H3,(H2,16,17,18,20). The normalized spacial score (nSPS) is 17.0. The number of thioether (sulfide) groups is 1. The van der Waals surface area contributed by atoms with E-state index in [1.807, 2.05) is 11.8 Å². The zero-order valence-corrected chi connectivity index (χ0v) is 14.5. The number of rotatable bonds is 8. The lowest BCUT2D eigenvalue weighted by Gasteiger charge is -2.34. The molecule has 1 aliphatic rings. The predicted molar refractivity (Wildman–Crippen MR) is 99.5 cm³/mol. The van der Waals surface area contributed by atoms with Crippen molar-refractivity contribution in [3.8, 4) is 0 Å². The Hall–Kier alpha value is -1.38. The van der Waals surface area contributed by atoms with E-state index in [9.17, 15) is 4.79 Å². The van der Waals surface area contributed by atoms with Crippen LogP contribution in [0.3, 0.4) is 0 Å². The molecule has 0 unspecified atom stereocenters. The second kappa shape index (κ2) is 7.75. The minimum atomic E-state index is -0.808. The average molecular weight is 342 g/mol. The summed E-state index contributed by atoms with van der Waals surface area (Å²) in [5.74, 6) is 2.52. The van der Waals surface area contributed by atoms with Gasteiger partial charge in [-0.05, 0) is 24.9 Å². The average Bonchev–Trinajstić information content (AvgIpc) is 2.90. The minimum Gasteiger partial charge on any atom is -0.393 e. The van der Waals surface area contributed by atoms with E-state index in [0.717, 1.165) is 23.3 Å². The Bertz CT molecular complexity index is 599. The third kappa shape index (κ3) is 4.82. The highest BCUT2D eigenvalue weighted by Crippen LogP contribution is 2.56. The summed E-state index contributed by atoms with van der Waals surface area (Å²) in [5, 5.41) is 8.93. The van der Waals surface area contributed by atoms with Crippen molar-refractivity contribution in [2.75, 3.05) is 48.4 Å². The smallest absolute Gasteiger partial charge is 0.275 e. The van der Waals surface area contributed by atoms with Gasteiger partial charge in [-0.3, -0.25) is 9.78 Å². The fourth-order valence-electron chi connectivity index (χ4n) is 2.08. The van der Waals surface area contributed by atoms with E-state index in [-0.39, 0.29) is 11.2 Å². The van der Waals surface area contributed by atoms with Gasteiger partial charge in [0.15, 0.2) is 0 Å². The molecule has 0 radical (unpaired) electrons. The molecule has 0 aromatic carbocycles. The summed E-state index contributed by atoms with van der Waals surface area (Å²) in [4.78, 5) is 20.3. The highest BCUT2D eigenvalue weighted by molar-refractivity contribution is 8.43. The van der Waals surface area contributed by atoms with E-state index in [0.29, 0.717) is 5.95 Å². The molecule has 0 fully saturated rings. The van der Waals surface area contributed by atoms with Crippen LogP contribution in [0.2, 0.25) is 0 Å². The zero-order chi connectivity index (χ0) is 16.0. The molecule has 4 N–H and O–H groups in total. The molecule has 122 valence electrons. The van der Waals surface area contributed by atoms with Gasteiger partial charge in [-0.25, -0.2) is 4.98 Å². The lowest BCUT2D eigenvalue weighted by Crippen LogP contribution is -2.19. The van der Waals surface area contributed by atoms with Crippen molar-refractivity contribution in [3.05, 3.63) is 39.5 Å². The van der Waals surface area contributed by atoms with Gasteiger partial charge >= 0.3 is 0 Å². The van der Waals surface area contributed by atoms with Crippen molar-refractivity contribution in [2.24, 2.45) is 0 Å². The topological polar surface area (TPSA) is 87.0 Å². The molecule has 0 bridgehead atoms. The van der Waals surface area contributed by atoms with Crippen molar-refractivity contribution in [3.63, 3.8) is 0 Å². The summed E-state index contributed by atoms with van der Waals surface area (Å²) in [6.07, 6.45) is 5.68. The minimum absolute atomic E-state index is 0.133. The van der Waals surface area contributed by atoms with E-state index in [4.69, 9.17) is 5.73 Å². The van der Waals surface area contributed by atoms with E-state index >= 15 is 0 Å². The SMILES string of the molecule is CN(C)CS1(CSCCNc2ncc(N)c(=O)[nH]2)C=CC=C1. The molecule has 0 saturated heterocycles. The van der Waals surface area contributed by atoms with Crippen LogP contribution >= 0.6 is 21.8 Å². The number of nitrogens with two attached hydrogens (primary N) is 1. The molecular weight excluding hydrogens is 318 g/mol. The molecule has 6 nitrogen and oxygen atoms in total. The molecule has 1 aromatic rings. The largest absolute Gasteiger partial charge is 0.393 e. The van der Waals surface area contributed by atoms with Gasteiger partial charge in [0.1, 0.15) is 5.69 Å². The zero-order valence-electron chi connectivity index (χ0n) is 12.9. The third-order valence-corrected chi connectivity index (χ3v) is 8.29. The van der Waals surface area contributed by atoms with Gasteiger partial charge in [0, 0.05) is 23.3 Å². The number of allylic oxidation sites excluding steroid dienone is 2. The van der Waals surface area contributed by atoms with Gasteiger partial charge in [0.2, 0.25) is 5.95 Å². The molecule has 8 heteroatoms.